The fourth-order valence-electron chi connectivity index (χ4n) is 3.64. The third-order valence-corrected chi connectivity index (χ3v) is 6.78. The van der Waals surface area contributed by atoms with Crippen LogP contribution < -0.4 is 15.4 Å². The third-order valence-electron chi connectivity index (χ3n) is 5.87. The number of carbonyl (C=O) groups is 1. The van der Waals surface area contributed by atoms with Gasteiger partial charge in [0.1, 0.15) is 5.75 Å². The van der Waals surface area contributed by atoms with Gasteiger partial charge in [-0.05, 0) is 49.9 Å². The maximum absolute atomic E-state index is 12.3. The van der Waals surface area contributed by atoms with Gasteiger partial charge >= 0.3 is 0 Å². The highest BCUT2D eigenvalue weighted by molar-refractivity contribution is 7.17. The number of amides is 1. The molecule has 0 saturated carbocycles. The second-order valence-electron chi connectivity index (χ2n) is 8.99. The Labute approximate surface area is 207 Å². The van der Waals surface area contributed by atoms with Crippen molar-refractivity contribution in [3.05, 3.63) is 59.2 Å². The Morgan fingerprint density at radius 2 is 2.09 bits per heavy atom. The Hall–Kier alpha value is -3.85. The van der Waals surface area contributed by atoms with E-state index in [1.54, 1.807) is 17.5 Å². The van der Waals surface area contributed by atoms with Crippen molar-refractivity contribution in [2.45, 2.75) is 39.3 Å². The molecule has 35 heavy (non-hydrogen) atoms. The van der Waals surface area contributed by atoms with Crippen molar-refractivity contribution in [2.75, 3.05) is 11.9 Å². The van der Waals surface area contributed by atoms with Crippen molar-refractivity contribution in [2.24, 2.45) is 4.99 Å². The van der Waals surface area contributed by atoms with E-state index in [2.05, 4.69) is 20.6 Å². The summed E-state index contributed by atoms with van der Waals surface area (Å²) >= 11 is 1.58. The number of thiophene rings is 1. The van der Waals surface area contributed by atoms with Crippen LogP contribution in [0.2, 0.25) is 0 Å². The molecule has 0 spiro atoms. The van der Waals surface area contributed by atoms with E-state index in [-0.39, 0.29) is 18.1 Å². The number of aromatic nitrogens is 3. The molecule has 0 saturated heterocycles. The summed E-state index contributed by atoms with van der Waals surface area (Å²) in [6, 6.07) is 11.5. The first kappa shape index (κ1) is 22.9. The molecule has 4 heterocycles. The lowest BCUT2D eigenvalue weighted by Crippen LogP contribution is -2.44. The molecule has 0 fully saturated rings. The molecule has 0 bridgehead atoms. The van der Waals surface area contributed by atoms with Crippen molar-refractivity contribution in [3.8, 4) is 17.1 Å². The number of nitrogens with zero attached hydrogens (tertiary/aromatic N) is 4. The van der Waals surface area contributed by atoms with E-state index in [1.807, 2.05) is 68.8 Å². The topological polar surface area (TPSA) is 101 Å². The molecule has 4 aromatic rings. The fraction of sp³-hybridized carbons (Fsp3) is 0.269. The highest BCUT2D eigenvalue weighted by atomic mass is 32.1. The van der Waals surface area contributed by atoms with E-state index in [0.29, 0.717) is 23.9 Å². The molecular formula is C26H26N6O2S. The molecular weight excluding hydrogens is 460 g/mol. The van der Waals surface area contributed by atoms with Gasteiger partial charge in [0.2, 0.25) is 0 Å². The first-order chi connectivity index (χ1) is 16.9. The number of aliphatic imine (C=N–C) groups is 1. The van der Waals surface area contributed by atoms with Gasteiger partial charge < -0.3 is 15.4 Å². The number of hydrogen-bond donors (Lipinski definition) is 2. The molecule has 1 aliphatic rings. The van der Waals surface area contributed by atoms with Gasteiger partial charge in [-0.2, -0.15) is 0 Å². The highest BCUT2D eigenvalue weighted by Gasteiger charge is 2.18. The van der Waals surface area contributed by atoms with Gasteiger partial charge in [-0.25, -0.2) is 9.97 Å². The van der Waals surface area contributed by atoms with E-state index >= 15 is 0 Å². The van der Waals surface area contributed by atoms with E-state index in [4.69, 9.17) is 14.7 Å². The molecule has 178 valence electrons. The number of nitrogens with one attached hydrogen (secondary N) is 2. The van der Waals surface area contributed by atoms with Crippen LogP contribution >= 0.6 is 11.3 Å². The molecule has 0 radical (unpaired) electrons. The number of pyridine rings is 1. The van der Waals surface area contributed by atoms with Crippen molar-refractivity contribution >= 4 is 45.2 Å². The predicted molar refractivity (Wildman–Crippen MR) is 140 cm³/mol. The standard InChI is InChI=1S/C26H26N6O2S/c1-4-26(2,3)32-22(33)15-34-19-7-5-6-16(11-19)24-30-20-8-9-35-23(20)25(31-24)29-18-10-17-12-27-14-21(17)28-13-18/h5-13H,4,14-15H2,1-3H3,(H,32,33)(H,29,30,31). The average Bonchev–Trinajstić information content (AvgIpc) is 3.52. The number of rotatable bonds is 8. The molecule has 0 aliphatic carbocycles. The summed E-state index contributed by atoms with van der Waals surface area (Å²) in [6.45, 7) is 6.58. The van der Waals surface area contributed by atoms with Gasteiger partial charge in [0.15, 0.2) is 18.2 Å². The number of ether oxygens (including phenoxy) is 1. The van der Waals surface area contributed by atoms with Gasteiger partial charge in [-0.3, -0.25) is 14.8 Å². The van der Waals surface area contributed by atoms with Gasteiger partial charge in [-0.1, -0.05) is 19.1 Å². The summed E-state index contributed by atoms with van der Waals surface area (Å²) in [5, 5.41) is 8.38. The number of fused-ring (bicyclic) bond motifs is 2. The van der Waals surface area contributed by atoms with Crippen LogP contribution in [0.1, 0.15) is 38.4 Å². The second kappa shape index (κ2) is 9.42. The quantitative estimate of drug-likeness (QED) is 0.359. The SMILES string of the molecule is CCC(C)(C)NC(=O)COc1cccc(-c2nc(Nc3cnc4c(c3)C=NC4)c3sccc3n2)c1. The molecule has 1 aromatic carbocycles. The monoisotopic (exact) mass is 486 g/mol. The molecule has 8 nitrogen and oxygen atoms in total. The van der Waals surface area contributed by atoms with Crippen LogP contribution in [0.3, 0.4) is 0 Å². The minimum Gasteiger partial charge on any atom is -0.484 e. The zero-order valence-electron chi connectivity index (χ0n) is 19.8. The normalized spacial score (nSPS) is 12.5. The van der Waals surface area contributed by atoms with Crippen molar-refractivity contribution in [1.29, 1.82) is 0 Å². The van der Waals surface area contributed by atoms with Crippen LogP contribution in [0.5, 0.6) is 5.75 Å². The Bertz CT molecular complexity index is 1430. The van der Waals surface area contributed by atoms with Gasteiger partial charge in [0, 0.05) is 22.9 Å². The zero-order chi connectivity index (χ0) is 24.4. The minimum absolute atomic E-state index is 0.0568. The van der Waals surface area contributed by atoms with E-state index in [0.717, 1.165) is 39.1 Å². The highest BCUT2D eigenvalue weighted by Crippen LogP contribution is 2.32. The summed E-state index contributed by atoms with van der Waals surface area (Å²) in [6.07, 6.45) is 4.48. The number of carbonyl (C=O) groups excluding carboxylic acids is 1. The summed E-state index contributed by atoms with van der Waals surface area (Å²) in [4.78, 5) is 30.6. The molecule has 1 aliphatic heterocycles. The molecule has 0 atom stereocenters. The van der Waals surface area contributed by atoms with Crippen LogP contribution in [0, 0.1) is 0 Å². The largest absolute Gasteiger partial charge is 0.484 e. The second-order valence-corrected chi connectivity index (χ2v) is 9.90. The lowest BCUT2D eigenvalue weighted by atomic mass is 10.0. The summed E-state index contributed by atoms with van der Waals surface area (Å²) < 4.78 is 6.72. The Morgan fingerprint density at radius 3 is 2.94 bits per heavy atom. The van der Waals surface area contributed by atoms with Crippen LogP contribution in [0.25, 0.3) is 21.6 Å². The molecule has 5 rings (SSSR count). The van der Waals surface area contributed by atoms with Crippen molar-refractivity contribution in [3.63, 3.8) is 0 Å². The number of benzene rings is 1. The Morgan fingerprint density at radius 1 is 1.20 bits per heavy atom. The van der Waals surface area contributed by atoms with Crippen LogP contribution in [0.4, 0.5) is 11.5 Å². The lowest BCUT2D eigenvalue weighted by Gasteiger charge is -2.24. The first-order valence-electron chi connectivity index (χ1n) is 11.5. The zero-order valence-corrected chi connectivity index (χ0v) is 20.6. The Balaban J connectivity index is 1.38. The molecule has 0 unspecified atom stereocenters. The Kier molecular flexibility index (Phi) is 6.17. The number of hydrogen-bond acceptors (Lipinski definition) is 8. The van der Waals surface area contributed by atoms with E-state index in [1.165, 1.54) is 0 Å². The van der Waals surface area contributed by atoms with E-state index < -0.39 is 0 Å². The van der Waals surface area contributed by atoms with E-state index in [9.17, 15) is 4.79 Å². The fourth-order valence-corrected chi connectivity index (χ4v) is 4.42. The van der Waals surface area contributed by atoms with Gasteiger partial charge in [0.25, 0.3) is 5.91 Å². The van der Waals surface area contributed by atoms with Crippen LogP contribution in [-0.4, -0.2) is 39.2 Å². The predicted octanol–water partition coefficient (Wildman–Crippen LogP) is 5.11. The summed E-state index contributed by atoms with van der Waals surface area (Å²) in [7, 11) is 0. The molecule has 3 aromatic heterocycles. The molecule has 2 N–H and O–H groups in total. The maximum atomic E-state index is 12.3. The van der Waals surface area contributed by atoms with Crippen molar-refractivity contribution in [1.82, 2.24) is 20.3 Å². The molecule has 9 heteroatoms. The van der Waals surface area contributed by atoms with Gasteiger partial charge in [0.05, 0.1) is 34.3 Å². The summed E-state index contributed by atoms with van der Waals surface area (Å²) in [5.74, 6) is 1.70. The maximum Gasteiger partial charge on any atom is 0.258 e. The number of anilines is 2. The third kappa shape index (κ3) is 5.14. The van der Waals surface area contributed by atoms with Gasteiger partial charge in [-0.15, -0.1) is 11.3 Å². The lowest BCUT2D eigenvalue weighted by molar-refractivity contribution is -0.124. The van der Waals surface area contributed by atoms with Crippen LogP contribution in [0.15, 0.2) is 53.0 Å². The smallest absolute Gasteiger partial charge is 0.258 e. The van der Waals surface area contributed by atoms with Crippen LogP contribution in [-0.2, 0) is 11.3 Å². The first-order valence-corrected chi connectivity index (χ1v) is 12.3. The minimum atomic E-state index is -0.267. The molecule has 1 amide bonds. The van der Waals surface area contributed by atoms with Crippen molar-refractivity contribution < 1.29 is 9.53 Å². The summed E-state index contributed by atoms with van der Waals surface area (Å²) in [5.41, 5.74) is 4.22. The average molecular weight is 487 g/mol.